The molecule has 1 atom stereocenters. The predicted molar refractivity (Wildman–Crippen MR) is 113 cm³/mol. The lowest BCUT2D eigenvalue weighted by Crippen LogP contribution is -2.53. The molecule has 1 unspecified atom stereocenters. The molecule has 0 bridgehead atoms. The SMILES string of the molecule is CN=C(NCC(C)CN1CCCC1)N1CCN(c2ccccc2OC)CC1. The minimum absolute atomic E-state index is 0.634. The lowest BCUT2D eigenvalue weighted by molar-refractivity contribution is 0.285. The Labute approximate surface area is 164 Å². The fourth-order valence-corrected chi connectivity index (χ4v) is 4.12. The number of guanidine groups is 1. The van der Waals surface area contributed by atoms with Crippen LogP contribution in [0.5, 0.6) is 5.75 Å². The van der Waals surface area contributed by atoms with Crippen molar-refractivity contribution < 1.29 is 4.74 Å². The van der Waals surface area contributed by atoms with Crippen molar-refractivity contribution in [2.75, 3.05) is 71.4 Å². The fourth-order valence-electron chi connectivity index (χ4n) is 4.12. The summed E-state index contributed by atoms with van der Waals surface area (Å²) in [6, 6.07) is 8.27. The smallest absolute Gasteiger partial charge is 0.193 e. The van der Waals surface area contributed by atoms with E-state index in [0.29, 0.717) is 5.92 Å². The molecule has 2 aliphatic rings. The van der Waals surface area contributed by atoms with Crippen LogP contribution in [-0.4, -0.2) is 82.3 Å². The quantitative estimate of drug-likeness (QED) is 0.611. The van der Waals surface area contributed by atoms with E-state index in [9.17, 15) is 0 Å². The van der Waals surface area contributed by atoms with Crippen molar-refractivity contribution in [1.29, 1.82) is 0 Å². The number of piperazine rings is 1. The van der Waals surface area contributed by atoms with Crippen LogP contribution in [0.1, 0.15) is 19.8 Å². The summed E-state index contributed by atoms with van der Waals surface area (Å²) in [7, 11) is 3.63. The number of aliphatic imine (C=N–C) groups is 1. The van der Waals surface area contributed by atoms with Gasteiger partial charge in [0, 0.05) is 46.3 Å². The second-order valence-electron chi connectivity index (χ2n) is 7.69. The van der Waals surface area contributed by atoms with Crippen LogP contribution in [0, 0.1) is 5.92 Å². The highest BCUT2D eigenvalue weighted by molar-refractivity contribution is 5.80. The molecule has 27 heavy (non-hydrogen) atoms. The van der Waals surface area contributed by atoms with Gasteiger partial charge in [0.2, 0.25) is 0 Å². The maximum absolute atomic E-state index is 5.52. The Morgan fingerprint density at radius 2 is 1.81 bits per heavy atom. The number of anilines is 1. The lowest BCUT2D eigenvalue weighted by Gasteiger charge is -2.38. The van der Waals surface area contributed by atoms with Crippen LogP contribution in [0.25, 0.3) is 0 Å². The molecule has 3 rings (SSSR count). The van der Waals surface area contributed by atoms with Crippen molar-refractivity contribution >= 4 is 11.6 Å². The highest BCUT2D eigenvalue weighted by Crippen LogP contribution is 2.28. The van der Waals surface area contributed by atoms with Gasteiger partial charge in [0.25, 0.3) is 0 Å². The standard InChI is InChI=1S/C21H35N5O/c1-18(17-24-10-6-7-11-24)16-23-21(22-2)26-14-12-25(13-15-26)19-8-4-5-9-20(19)27-3/h4-5,8-9,18H,6-7,10-17H2,1-3H3,(H,22,23). The summed E-state index contributed by atoms with van der Waals surface area (Å²) in [6.45, 7) is 10.9. The molecule has 2 heterocycles. The molecule has 2 saturated heterocycles. The van der Waals surface area contributed by atoms with Crippen molar-refractivity contribution in [2.45, 2.75) is 19.8 Å². The molecular formula is C21H35N5O. The first kappa shape index (κ1) is 19.8. The summed E-state index contributed by atoms with van der Waals surface area (Å²) >= 11 is 0. The largest absolute Gasteiger partial charge is 0.495 e. The monoisotopic (exact) mass is 373 g/mol. The number of rotatable bonds is 6. The molecule has 0 saturated carbocycles. The molecule has 0 spiro atoms. The molecule has 0 aliphatic carbocycles. The van der Waals surface area contributed by atoms with Gasteiger partial charge in [-0.05, 0) is 44.0 Å². The third-order valence-corrected chi connectivity index (χ3v) is 5.59. The van der Waals surface area contributed by atoms with Crippen LogP contribution in [0.4, 0.5) is 5.69 Å². The van der Waals surface area contributed by atoms with Crippen LogP contribution in [0.15, 0.2) is 29.3 Å². The third-order valence-electron chi connectivity index (χ3n) is 5.59. The Balaban J connectivity index is 1.47. The average molecular weight is 374 g/mol. The van der Waals surface area contributed by atoms with E-state index in [2.05, 4.69) is 44.1 Å². The normalized spacial score (nSPS) is 20.0. The first-order valence-corrected chi connectivity index (χ1v) is 10.3. The first-order chi connectivity index (χ1) is 13.2. The van der Waals surface area contributed by atoms with Gasteiger partial charge in [-0.15, -0.1) is 0 Å². The molecule has 0 amide bonds. The molecule has 6 heteroatoms. The molecule has 6 nitrogen and oxygen atoms in total. The minimum Gasteiger partial charge on any atom is -0.495 e. The predicted octanol–water partition coefficient (Wildman–Crippen LogP) is 2.12. The number of likely N-dealkylation sites (tertiary alicyclic amines) is 1. The second kappa shape index (κ2) is 9.83. The Bertz CT molecular complexity index is 606. The molecule has 2 aliphatic heterocycles. The van der Waals surface area contributed by atoms with Crippen LogP contribution in [-0.2, 0) is 0 Å². The number of nitrogens with zero attached hydrogens (tertiary/aromatic N) is 4. The van der Waals surface area contributed by atoms with Gasteiger partial charge in [-0.25, -0.2) is 0 Å². The zero-order valence-electron chi connectivity index (χ0n) is 17.2. The summed E-state index contributed by atoms with van der Waals surface area (Å²) in [5.74, 6) is 2.61. The van der Waals surface area contributed by atoms with Gasteiger partial charge in [-0.3, -0.25) is 4.99 Å². The topological polar surface area (TPSA) is 43.3 Å². The molecule has 1 aromatic rings. The van der Waals surface area contributed by atoms with Gasteiger partial charge in [-0.2, -0.15) is 0 Å². The van der Waals surface area contributed by atoms with Gasteiger partial charge in [0.1, 0.15) is 5.75 Å². The first-order valence-electron chi connectivity index (χ1n) is 10.3. The van der Waals surface area contributed by atoms with E-state index in [-0.39, 0.29) is 0 Å². The summed E-state index contributed by atoms with van der Waals surface area (Å²) in [5, 5.41) is 3.60. The van der Waals surface area contributed by atoms with Crippen LogP contribution in [0.2, 0.25) is 0 Å². The Kier molecular flexibility index (Phi) is 7.21. The van der Waals surface area contributed by atoms with Crippen molar-refractivity contribution in [2.24, 2.45) is 10.9 Å². The summed E-state index contributed by atoms with van der Waals surface area (Å²) in [6.07, 6.45) is 2.72. The number of ether oxygens (including phenoxy) is 1. The maximum Gasteiger partial charge on any atom is 0.193 e. The van der Waals surface area contributed by atoms with Crippen LogP contribution >= 0.6 is 0 Å². The molecule has 0 radical (unpaired) electrons. The molecule has 0 aromatic heterocycles. The van der Waals surface area contributed by atoms with Crippen LogP contribution in [0.3, 0.4) is 0 Å². The van der Waals surface area contributed by atoms with Crippen molar-refractivity contribution in [3.8, 4) is 5.75 Å². The van der Waals surface area contributed by atoms with Gasteiger partial charge >= 0.3 is 0 Å². The van der Waals surface area contributed by atoms with Crippen molar-refractivity contribution in [1.82, 2.24) is 15.1 Å². The maximum atomic E-state index is 5.52. The lowest BCUT2D eigenvalue weighted by atomic mass is 10.1. The number of para-hydroxylation sites is 2. The summed E-state index contributed by atoms with van der Waals surface area (Å²) in [5.41, 5.74) is 1.18. The van der Waals surface area contributed by atoms with E-state index < -0.39 is 0 Å². The van der Waals surface area contributed by atoms with E-state index >= 15 is 0 Å². The van der Waals surface area contributed by atoms with E-state index in [0.717, 1.165) is 44.4 Å². The Morgan fingerprint density at radius 3 is 2.48 bits per heavy atom. The highest BCUT2D eigenvalue weighted by Gasteiger charge is 2.22. The average Bonchev–Trinajstić information content (AvgIpc) is 3.22. The van der Waals surface area contributed by atoms with E-state index in [1.807, 2.05) is 19.2 Å². The van der Waals surface area contributed by atoms with E-state index in [1.165, 1.54) is 38.2 Å². The number of nitrogens with one attached hydrogen (secondary N) is 1. The number of methoxy groups -OCH3 is 1. The minimum atomic E-state index is 0.634. The Morgan fingerprint density at radius 1 is 1.11 bits per heavy atom. The molecule has 2 fully saturated rings. The Hall–Kier alpha value is -1.95. The summed E-state index contributed by atoms with van der Waals surface area (Å²) in [4.78, 5) is 11.9. The van der Waals surface area contributed by atoms with Crippen LogP contribution < -0.4 is 15.0 Å². The fraction of sp³-hybridized carbons (Fsp3) is 0.667. The highest BCUT2D eigenvalue weighted by atomic mass is 16.5. The zero-order valence-corrected chi connectivity index (χ0v) is 17.2. The van der Waals surface area contributed by atoms with Gasteiger partial charge in [0.05, 0.1) is 12.8 Å². The summed E-state index contributed by atoms with van der Waals surface area (Å²) < 4.78 is 5.52. The van der Waals surface area contributed by atoms with E-state index in [4.69, 9.17) is 4.74 Å². The van der Waals surface area contributed by atoms with Gasteiger partial charge in [-0.1, -0.05) is 19.1 Å². The second-order valence-corrected chi connectivity index (χ2v) is 7.69. The molecule has 1 aromatic carbocycles. The number of benzene rings is 1. The molecule has 1 N–H and O–H groups in total. The third kappa shape index (κ3) is 5.28. The van der Waals surface area contributed by atoms with Crippen molar-refractivity contribution in [3.63, 3.8) is 0 Å². The van der Waals surface area contributed by atoms with Crippen molar-refractivity contribution in [3.05, 3.63) is 24.3 Å². The number of hydrogen-bond acceptors (Lipinski definition) is 4. The van der Waals surface area contributed by atoms with Gasteiger partial charge in [0.15, 0.2) is 5.96 Å². The van der Waals surface area contributed by atoms with E-state index in [1.54, 1.807) is 7.11 Å². The molecule has 150 valence electrons. The van der Waals surface area contributed by atoms with Gasteiger partial charge < -0.3 is 24.8 Å². The molecular weight excluding hydrogens is 338 g/mol. The zero-order chi connectivity index (χ0) is 19.1. The number of hydrogen-bond donors (Lipinski definition) is 1.